The number of anilines is 2. The molecule has 0 bridgehead atoms. The summed E-state index contributed by atoms with van der Waals surface area (Å²) in [5, 5.41) is 40.1. The summed E-state index contributed by atoms with van der Waals surface area (Å²) in [5.74, 6) is -11.7. The van der Waals surface area contributed by atoms with Crippen molar-refractivity contribution < 1.29 is 71.0 Å². The molecule has 18 N–H and O–H groups in total. The highest BCUT2D eigenvalue weighted by Gasteiger charge is 2.43. The van der Waals surface area contributed by atoms with Gasteiger partial charge in [0.2, 0.25) is 41.4 Å². The molecular formula is C52H77F3N16O12. The summed E-state index contributed by atoms with van der Waals surface area (Å²) in [7, 11) is 0. The Balaban J connectivity index is 0.00000314. The molecule has 7 unspecified atom stereocenters. The Kier molecular flexibility index (Phi) is 28.6. The largest absolute Gasteiger partial charge is 0.490 e. The topological polar surface area (TPSA) is 454 Å². The fourth-order valence-corrected chi connectivity index (χ4v) is 8.12. The number of nitrogens with one attached hydrogen (secondary N) is 9. The van der Waals surface area contributed by atoms with Crippen LogP contribution in [0.15, 0.2) is 54.6 Å². The number of carbonyl (C=O) groups is 11. The molecular weight excluding hydrogens is 1100 g/mol. The van der Waals surface area contributed by atoms with E-state index in [1.165, 1.54) is 58.9 Å². The lowest BCUT2D eigenvalue weighted by atomic mass is 10.1. The fraction of sp³-hybridized carbons (Fsp3) is 0.519. The Bertz CT molecular complexity index is 2630. The summed E-state index contributed by atoms with van der Waals surface area (Å²) < 4.78 is 31.7. The van der Waals surface area contributed by atoms with Gasteiger partial charge in [-0.15, -0.1) is 0 Å². The Hall–Kier alpha value is -8.90. The van der Waals surface area contributed by atoms with Crippen molar-refractivity contribution >= 4 is 88.3 Å². The molecule has 0 spiro atoms. The smallest absolute Gasteiger partial charge is 0.475 e. The van der Waals surface area contributed by atoms with E-state index in [2.05, 4.69) is 37.2 Å². The number of nitrogens with zero attached hydrogens (tertiary/aromatic N) is 3. The first kappa shape index (κ1) is 70.2. The summed E-state index contributed by atoms with van der Waals surface area (Å²) in [5.41, 5.74) is 24.3. The first-order valence-corrected chi connectivity index (χ1v) is 26.4. The van der Waals surface area contributed by atoms with Crippen LogP contribution in [0.4, 0.5) is 24.5 Å². The summed E-state index contributed by atoms with van der Waals surface area (Å²) in [6.07, 6.45) is -2.59. The number of benzene rings is 2. The minimum absolute atomic E-state index is 0.0433. The molecule has 0 saturated carbocycles. The van der Waals surface area contributed by atoms with Crippen molar-refractivity contribution in [3.05, 3.63) is 60.2 Å². The number of hydrogen-bond acceptors (Lipinski definition) is 15. The number of amides is 10. The molecule has 458 valence electrons. The van der Waals surface area contributed by atoms with Gasteiger partial charge in [0.25, 0.3) is 17.7 Å². The van der Waals surface area contributed by atoms with Crippen LogP contribution in [0.1, 0.15) is 98.5 Å². The lowest BCUT2D eigenvalue weighted by Crippen LogP contribution is -2.63. The quantitative estimate of drug-likeness (QED) is 0.0208. The van der Waals surface area contributed by atoms with Crippen LogP contribution in [0.5, 0.6) is 0 Å². The number of carbonyl (C=O) groups excluding carboxylic acids is 10. The molecule has 3 rings (SSSR count). The van der Waals surface area contributed by atoms with Crippen molar-refractivity contribution in [1.82, 2.24) is 47.0 Å². The van der Waals surface area contributed by atoms with Crippen molar-refractivity contribution in [2.45, 2.75) is 154 Å². The highest BCUT2D eigenvalue weighted by Crippen LogP contribution is 2.20. The number of alkyl halides is 3. The lowest BCUT2D eigenvalue weighted by molar-refractivity contribution is -0.192. The lowest BCUT2D eigenvalue weighted by Gasteiger charge is -2.35. The summed E-state index contributed by atoms with van der Waals surface area (Å²) in [4.78, 5) is 149. The highest BCUT2D eigenvalue weighted by atomic mass is 19.4. The van der Waals surface area contributed by atoms with E-state index in [0.29, 0.717) is 17.0 Å². The molecule has 0 aromatic heterocycles. The third-order valence-electron chi connectivity index (χ3n) is 12.7. The van der Waals surface area contributed by atoms with Gasteiger partial charge in [-0.05, 0) is 116 Å². The second-order valence-electron chi connectivity index (χ2n) is 19.4. The second kappa shape index (κ2) is 33.8. The van der Waals surface area contributed by atoms with Crippen LogP contribution in [0.2, 0.25) is 0 Å². The maximum atomic E-state index is 14.6. The summed E-state index contributed by atoms with van der Waals surface area (Å²) in [6, 6.07) is 4.73. The third-order valence-corrected chi connectivity index (χ3v) is 12.7. The molecule has 31 heteroatoms. The molecule has 8 atom stereocenters. The van der Waals surface area contributed by atoms with Crippen LogP contribution in [-0.2, 0) is 59.2 Å². The van der Waals surface area contributed by atoms with Gasteiger partial charge in [-0.25, -0.2) is 9.69 Å². The monoisotopic (exact) mass is 1170 g/mol. The van der Waals surface area contributed by atoms with E-state index in [9.17, 15) is 61.1 Å². The Morgan fingerprint density at radius 1 is 0.687 bits per heavy atom. The van der Waals surface area contributed by atoms with Crippen molar-refractivity contribution in [1.29, 1.82) is 10.8 Å². The van der Waals surface area contributed by atoms with Gasteiger partial charge in [-0.1, -0.05) is 30.3 Å². The highest BCUT2D eigenvalue weighted by molar-refractivity contribution is 6.16. The normalized spacial score (nSPS) is 15.3. The number of nitrogen functional groups attached to an aromatic ring is 1. The van der Waals surface area contributed by atoms with Crippen molar-refractivity contribution in [2.75, 3.05) is 30.3 Å². The van der Waals surface area contributed by atoms with Crippen LogP contribution in [0.25, 0.3) is 0 Å². The van der Waals surface area contributed by atoms with Crippen LogP contribution in [0, 0.1) is 10.8 Å². The van der Waals surface area contributed by atoms with Gasteiger partial charge >= 0.3 is 12.1 Å². The minimum Gasteiger partial charge on any atom is -0.475 e. The van der Waals surface area contributed by atoms with Crippen LogP contribution in [0.3, 0.4) is 0 Å². The van der Waals surface area contributed by atoms with E-state index in [-0.39, 0.29) is 81.7 Å². The number of hydrogen-bond donors (Lipinski definition) is 14. The van der Waals surface area contributed by atoms with Gasteiger partial charge < -0.3 is 70.2 Å². The molecule has 2 aromatic carbocycles. The Morgan fingerprint density at radius 3 is 1.64 bits per heavy atom. The van der Waals surface area contributed by atoms with Crippen molar-refractivity contribution in [3.8, 4) is 0 Å². The van der Waals surface area contributed by atoms with Crippen molar-refractivity contribution in [2.24, 2.45) is 17.2 Å². The summed E-state index contributed by atoms with van der Waals surface area (Å²) >= 11 is 0. The zero-order valence-electron chi connectivity index (χ0n) is 47.0. The first-order valence-electron chi connectivity index (χ1n) is 26.4. The maximum Gasteiger partial charge on any atom is 0.490 e. The number of aliphatic carboxylic acids is 1. The second-order valence-corrected chi connectivity index (χ2v) is 19.4. The van der Waals surface area contributed by atoms with Gasteiger partial charge in [0, 0.05) is 38.7 Å². The molecule has 1 saturated heterocycles. The van der Waals surface area contributed by atoms with E-state index in [1.807, 2.05) is 30.3 Å². The molecule has 10 amide bonds. The van der Waals surface area contributed by atoms with E-state index in [4.69, 9.17) is 43.7 Å². The van der Waals surface area contributed by atoms with Crippen LogP contribution >= 0.6 is 0 Å². The molecule has 1 aliphatic rings. The summed E-state index contributed by atoms with van der Waals surface area (Å²) in [6.45, 7) is 7.89. The number of unbranched alkanes of at least 4 members (excludes halogenated alkanes) is 1. The number of carboxylic acids is 1. The standard InChI is InChI=1S/C50H76N16O10.C2HF3O2/c1-28(59-40(68)19-11-10-16-34-14-8-7-9-15-34)41(69)62-38(17-12-25-57-49(53)54)43(71)60-29(2)45(73)65(47(75)32(5)64-27-24-37(52)48(64)76)31(4)42(70)63-39(18-13-26-58-50(55)56)44(72)61-30(3)46(74)66(33(6)67)36-22-20-35(51)21-23-36;3-2(4,5)1(6)7/h7-9,14-15,20-23,28-32,37-39H,10-13,16-19,24-27,51-52H2,1-6H3,(H,59,68)(H,60,71)(H,61,72)(H,62,69)(H,63,70)(H4,53,54,57)(H4,55,56,58);(H,6,7)/t28?,29?,30?,31?,32?,37-,38?,39?;/m1./s1. The first-order chi connectivity index (χ1) is 38.8. The molecule has 0 aliphatic carbocycles. The molecule has 1 aliphatic heterocycles. The number of likely N-dealkylation sites (tertiary alicyclic amines) is 1. The fourth-order valence-electron chi connectivity index (χ4n) is 8.12. The van der Waals surface area contributed by atoms with E-state index in [0.717, 1.165) is 35.1 Å². The van der Waals surface area contributed by atoms with Gasteiger partial charge in [0.15, 0.2) is 11.9 Å². The molecule has 28 nitrogen and oxygen atoms in total. The van der Waals surface area contributed by atoms with E-state index >= 15 is 0 Å². The number of carboxylic acid groups (broad SMARTS) is 1. The van der Waals surface area contributed by atoms with Crippen LogP contribution < -0.4 is 65.1 Å². The number of nitrogens with two attached hydrogens (primary N) is 4. The molecule has 1 heterocycles. The number of imide groups is 2. The average Bonchev–Trinajstić information content (AvgIpc) is 3.80. The zero-order chi connectivity index (χ0) is 62.9. The molecule has 1 fully saturated rings. The van der Waals surface area contributed by atoms with Gasteiger partial charge in [0.1, 0.15) is 42.3 Å². The third kappa shape index (κ3) is 23.6. The Morgan fingerprint density at radius 2 is 1.18 bits per heavy atom. The molecule has 0 radical (unpaired) electrons. The van der Waals surface area contributed by atoms with E-state index in [1.54, 1.807) is 0 Å². The number of rotatable bonds is 28. The average molecular weight is 1180 g/mol. The number of aryl methyl sites for hydroxylation is 1. The predicted octanol–water partition coefficient (Wildman–Crippen LogP) is -1.10. The molecule has 2 aromatic rings. The van der Waals surface area contributed by atoms with Gasteiger partial charge in [-0.2, -0.15) is 13.2 Å². The number of guanidine groups is 2. The zero-order valence-corrected chi connectivity index (χ0v) is 47.0. The van der Waals surface area contributed by atoms with E-state index < -0.39 is 114 Å². The SMILES string of the molecule is CC(=O)N(C(=O)C(C)NC(=O)C(CCCNC(=N)N)NC(=O)C(C)N(C(=O)C(C)NC(=O)C(CCCNC(=N)N)NC(=O)C(C)NC(=O)CCCCc1ccccc1)C(=O)C(C)N1CC[C@@H](N)C1=O)c1ccc(N)cc1.O=C(O)C(F)(F)F. The molecule has 83 heavy (non-hydrogen) atoms. The Labute approximate surface area is 477 Å². The van der Waals surface area contributed by atoms with Gasteiger partial charge in [0.05, 0.1) is 11.7 Å². The maximum absolute atomic E-state index is 14.6. The minimum atomic E-state index is -5.08. The van der Waals surface area contributed by atoms with Crippen LogP contribution in [-0.4, -0.2) is 166 Å². The van der Waals surface area contributed by atoms with Gasteiger partial charge in [-0.3, -0.25) is 63.7 Å². The number of halogens is 3. The van der Waals surface area contributed by atoms with Crippen molar-refractivity contribution in [3.63, 3.8) is 0 Å². The predicted molar refractivity (Wildman–Crippen MR) is 297 cm³/mol.